The zero-order chi connectivity index (χ0) is 12.4. The number of rotatable bonds is 3. The summed E-state index contributed by atoms with van der Waals surface area (Å²) in [7, 11) is 1.44. The summed E-state index contributed by atoms with van der Waals surface area (Å²) in [5.74, 6) is -0.822. The van der Waals surface area contributed by atoms with Crippen molar-refractivity contribution in [3.63, 3.8) is 0 Å². The van der Waals surface area contributed by atoms with Gasteiger partial charge in [-0.1, -0.05) is 0 Å². The number of urea groups is 1. The number of carbonyl (C=O) groups is 2. The van der Waals surface area contributed by atoms with Crippen LogP contribution in [0.25, 0.3) is 0 Å². The molecule has 1 atom stereocenters. The zero-order valence-electron chi connectivity index (χ0n) is 9.14. The molecule has 3 amide bonds. The van der Waals surface area contributed by atoms with Crippen molar-refractivity contribution in [2.75, 3.05) is 18.6 Å². The molecular formula is C11H11FN2O3. The molecule has 0 spiro atoms. The minimum Gasteiger partial charge on any atom is -0.382 e. The van der Waals surface area contributed by atoms with Gasteiger partial charge in [0.1, 0.15) is 11.9 Å². The number of anilines is 1. The monoisotopic (exact) mass is 238 g/mol. The van der Waals surface area contributed by atoms with Gasteiger partial charge in [0, 0.05) is 7.11 Å². The van der Waals surface area contributed by atoms with Gasteiger partial charge in [-0.15, -0.1) is 0 Å². The summed E-state index contributed by atoms with van der Waals surface area (Å²) in [6, 6.07) is 3.93. The van der Waals surface area contributed by atoms with Crippen LogP contribution in [0.3, 0.4) is 0 Å². The quantitative estimate of drug-likeness (QED) is 0.796. The SMILES string of the molecule is COCC1NC(=O)N(c2ccc(F)cc2)C1=O. The fourth-order valence-corrected chi connectivity index (χ4v) is 1.65. The first kappa shape index (κ1) is 11.5. The van der Waals surface area contributed by atoms with Crippen LogP contribution in [0.1, 0.15) is 0 Å². The number of carbonyl (C=O) groups excluding carboxylic acids is 2. The van der Waals surface area contributed by atoms with Crippen molar-refractivity contribution in [2.45, 2.75) is 6.04 Å². The van der Waals surface area contributed by atoms with Crippen molar-refractivity contribution in [1.82, 2.24) is 5.32 Å². The van der Waals surface area contributed by atoms with Crippen LogP contribution in [0.2, 0.25) is 0 Å². The number of imide groups is 1. The highest BCUT2D eigenvalue weighted by molar-refractivity contribution is 6.21. The Balaban J connectivity index is 2.24. The second-order valence-corrected chi connectivity index (χ2v) is 3.61. The Morgan fingerprint density at radius 3 is 2.59 bits per heavy atom. The van der Waals surface area contributed by atoms with Gasteiger partial charge in [-0.25, -0.2) is 14.1 Å². The lowest BCUT2D eigenvalue weighted by atomic mass is 10.2. The zero-order valence-corrected chi connectivity index (χ0v) is 9.14. The number of amides is 3. The fourth-order valence-electron chi connectivity index (χ4n) is 1.65. The minimum atomic E-state index is -0.683. The molecule has 2 rings (SSSR count). The van der Waals surface area contributed by atoms with Crippen LogP contribution < -0.4 is 10.2 Å². The second kappa shape index (κ2) is 4.50. The first-order valence-corrected chi connectivity index (χ1v) is 5.02. The maximum absolute atomic E-state index is 12.7. The smallest absolute Gasteiger partial charge is 0.329 e. The summed E-state index contributed by atoms with van der Waals surface area (Å²) in [4.78, 5) is 24.4. The molecule has 1 N–H and O–H groups in total. The van der Waals surface area contributed by atoms with E-state index in [4.69, 9.17) is 4.74 Å². The average molecular weight is 238 g/mol. The molecule has 0 saturated carbocycles. The van der Waals surface area contributed by atoms with E-state index in [2.05, 4.69) is 5.32 Å². The van der Waals surface area contributed by atoms with Crippen molar-refractivity contribution < 1.29 is 18.7 Å². The van der Waals surface area contributed by atoms with Crippen LogP contribution in [0.5, 0.6) is 0 Å². The van der Waals surface area contributed by atoms with E-state index in [-0.39, 0.29) is 6.61 Å². The molecule has 1 unspecified atom stereocenters. The molecule has 1 aromatic carbocycles. The molecule has 5 nitrogen and oxygen atoms in total. The number of benzene rings is 1. The van der Waals surface area contributed by atoms with Gasteiger partial charge in [0.25, 0.3) is 5.91 Å². The normalized spacial score (nSPS) is 19.6. The average Bonchev–Trinajstić information content (AvgIpc) is 2.57. The number of methoxy groups -OCH3 is 1. The van der Waals surface area contributed by atoms with Crippen molar-refractivity contribution in [3.8, 4) is 0 Å². The van der Waals surface area contributed by atoms with E-state index >= 15 is 0 Å². The predicted octanol–water partition coefficient (Wildman–Crippen LogP) is 0.897. The predicted molar refractivity (Wildman–Crippen MR) is 58.1 cm³/mol. The van der Waals surface area contributed by atoms with E-state index in [9.17, 15) is 14.0 Å². The van der Waals surface area contributed by atoms with E-state index in [1.165, 1.54) is 31.4 Å². The molecule has 1 aromatic rings. The Morgan fingerprint density at radius 2 is 2.00 bits per heavy atom. The fraction of sp³-hybridized carbons (Fsp3) is 0.273. The third-order valence-corrected chi connectivity index (χ3v) is 2.44. The van der Waals surface area contributed by atoms with Gasteiger partial charge in [-0.3, -0.25) is 4.79 Å². The van der Waals surface area contributed by atoms with Crippen LogP contribution in [-0.2, 0) is 9.53 Å². The molecule has 1 aliphatic heterocycles. The summed E-state index contributed by atoms with van der Waals surface area (Å²) < 4.78 is 17.6. The van der Waals surface area contributed by atoms with Crippen LogP contribution in [-0.4, -0.2) is 31.7 Å². The van der Waals surface area contributed by atoms with Crippen molar-refractivity contribution in [3.05, 3.63) is 30.1 Å². The van der Waals surface area contributed by atoms with E-state index in [1.807, 2.05) is 0 Å². The first-order valence-electron chi connectivity index (χ1n) is 5.02. The molecule has 90 valence electrons. The van der Waals surface area contributed by atoms with Gasteiger partial charge >= 0.3 is 6.03 Å². The Bertz CT molecular complexity index is 447. The number of hydrogen-bond donors (Lipinski definition) is 1. The number of hydrogen-bond acceptors (Lipinski definition) is 3. The second-order valence-electron chi connectivity index (χ2n) is 3.61. The summed E-state index contributed by atoms with van der Waals surface area (Å²) in [5.41, 5.74) is 0.340. The van der Waals surface area contributed by atoms with E-state index in [0.717, 1.165) is 4.90 Å². The lowest BCUT2D eigenvalue weighted by Gasteiger charge is -2.12. The van der Waals surface area contributed by atoms with Gasteiger partial charge in [0.15, 0.2) is 0 Å². The number of halogens is 1. The summed E-state index contributed by atoms with van der Waals surface area (Å²) in [5, 5.41) is 2.49. The maximum atomic E-state index is 12.7. The number of ether oxygens (including phenoxy) is 1. The molecule has 0 aromatic heterocycles. The molecule has 0 radical (unpaired) electrons. The standard InChI is InChI=1S/C11H11FN2O3/c1-17-6-9-10(15)14(11(16)13-9)8-4-2-7(12)3-5-8/h2-5,9H,6H2,1H3,(H,13,16). The molecule has 1 saturated heterocycles. The van der Waals surface area contributed by atoms with Gasteiger partial charge in [-0.2, -0.15) is 0 Å². The van der Waals surface area contributed by atoms with Crippen LogP contribution >= 0.6 is 0 Å². The first-order chi connectivity index (χ1) is 8.13. The summed E-state index contributed by atoms with van der Waals surface area (Å²) >= 11 is 0. The number of nitrogens with zero attached hydrogens (tertiary/aromatic N) is 1. The van der Waals surface area contributed by atoms with Crippen LogP contribution in [0.4, 0.5) is 14.9 Å². The molecule has 6 heteroatoms. The van der Waals surface area contributed by atoms with Crippen LogP contribution in [0.15, 0.2) is 24.3 Å². The lowest BCUT2D eigenvalue weighted by Crippen LogP contribution is -2.34. The summed E-state index contributed by atoms with van der Waals surface area (Å²) in [6.45, 7) is 0.113. The molecule has 17 heavy (non-hydrogen) atoms. The number of nitrogens with one attached hydrogen (secondary N) is 1. The largest absolute Gasteiger partial charge is 0.382 e. The van der Waals surface area contributed by atoms with Gasteiger partial charge in [0.05, 0.1) is 12.3 Å². The van der Waals surface area contributed by atoms with Crippen molar-refractivity contribution in [1.29, 1.82) is 0 Å². The van der Waals surface area contributed by atoms with E-state index < -0.39 is 23.8 Å². The van der Waals surface area contributed by atoms with Gasteiger partial charge < -0.3 is 10.1 Å². The van der Waals surface area contributed by atoms with E-state index in [0.29, 0.717) is 5.69 Å². The Morgan fingerprint density at radius 1 is 1.35 bits per heavy atom. The Hall–Kier alpha value is -1.95. The topological polar surface area (TPSA) is 58.6 Å². The molecule has 0 aliphatic carbocycles. The molecular weight excluding hydrogens is 227 g/mol. The van der Waals surface area contributed by atoms with Gasteiger partial charge in [-0.05, 0) is 24.3 Å². The third kappa shape index (κ3) is 2.12. The third-order valence-electron chi connectivity index (χ3n) is 2.44. The maximum Gasteiger partial charge on any atom is 0.329 e. The minimum absolute atomic E-state index is 0.113. The molecule has 1 heterocycles. The van der Waals surface area contributed by atoms with Crippen LogP contribution in [0, 0.1) is 5.82 Å². The van der Waals surface area contributed by atoms with Crippen molar-refractivity contribution in [2.24, 2.45) is 0 Å². The highest BCUT2D eigenvalue weighted by Crippen LogP contribution is 2.19. The molecule has 1 fully saturated rings. The van der Waals surface area contributed by atoms with E-state index in [1.54, 1.807) is 0 Å². The highest BCUT2D eigenvalue weighted by Gasteiger charge is 2.38. The Labute approximate surface area is 97.2 Å². The summed E-state index contributed by atoms with van der Waals surface area (Å²) in [6.07, 6.45) is 0. The highest BCUT2D eigenvalue weighted by atomic mass is 19.1. The Kier molecular flexibility index (Phi) is 3.06. The van der Waals surface area contributed by atoms with Crippen molar-refractivity contribution >= 4 is 17.6 Å². The molecule has 1 aliphatic rings. The lowest BCUT2D eigenvalue weighted by molar-refractivity contribution is -0.119. The van der Waals surface area contributed by atoms with Gasteiger partial charge in [0.2, 0.25) is 0 Å². The molecule has 0 bridgehead atoms.